The van der Waals surface area contributed by atoms with Gasteiger partial charge in [-0.25, -0.2) is 9.97 Å². The van der Waals surface area contributed by atoms with Crippen molar-refractivity contribution in [2.45, 2.75) is 44.6 Å². The summed E-state index contributed by atoms with van der Waals surface area (Å²) in [6.07, 6.45) is 11.7. The summed E-state index contributed by atoms with van der Waals surface area (Å²) in [5.41, 5.74) is 3.31. The lowest BCUT2D eigenvalue weighted by Gasteiger charge is -2.30. The molecule has 1 aliphatic carbocycles. The van der Waals surface area contributed by atoms with Crippen LogP contribution >= 0.6 is 0 Å². The fourth-order valence-electron chi connectivity index (χ4n) is 4.68. The Bertz CT molecular complexity index is 1260. The molecule has 5 rings (SSSR count). The highest BCUT2D eigenvalue weighted by molar-refractivity contribution is 6.02. The number of nitrogens with zero attached hydrogens (tertiary/aromatic N) is 5. The summed E-state index contributed by atoms with van der Waals surface area (Å²) >= 11 is 0. The molecule has 1 saturated carbocycles. The maximum absolute atomic E-state index is 12.8. The van der Waals surface area contributed by atoms with Crippen LogP contribution < -0.4 is 5.32 Å². The van der Waals surface area contributed by atoms with Crippen LogP contribution in [0.1, 0.15) is 44.0 Å². The topological polar surface area (TPSA) is 112 Å². The number of nitriles is 1. The lowest BCUT2D eigenvalue weighted by Crippen LogP contribution is -2.23. The third-order valence-corrected chi connectivity index (χ3v) is 6.13. The molecule has 156 valence electrons. The van der Waals surface area contributed by atoms with Crippen LogP contribution in [0.4, 0.5) is 5.69 Å². The molecule has 2 N–H and O–H groups in total. The van der Waals surface area contributed by atoms with Gasteiger partial charge in [-0.15, -0.1) is 0 Å². The minimum absolute atomic E-state index is 0.124. The molecule has 31 heavy (non-hydrogen) atoms. The highest BCUT2D eigenvalue weighted by atomic mass is 16.1. The third kappa shape index (κ3) is 3.75. The van der Waals surface area contributed by atoms with Crippen LogP contribution in [0.3, 0.4) is 0 Å². The molecule has 0 atom stereocenters. The molecule has 1 fully saturated rings. The Morgan fingerprint density at radius 3 is 2.90 bits per heavy atom. The van der Waals surface area contributed by atoms with E-state index in [-0.39, 0.29) is 18.4 Å². The molecule has 4 aromatic heterocycles. The van der Waals surface area contributed by atoms with Gasteiger partial charge in [-0.2, -0.15) is 5.26 Å². The number of amides is 1. The van der Waals surface area contributed by atoms with Crippen LogP contribution in [-0.4, -0.2) is 30.4 Å². The number of rotatable bonds is 5. The number of hydrogen-bond acceptors (Lipinski definition) is 5. The van der Waals surface area contributed by atoms with E-state index in [1.165, 1.54) is 0 Å². The molecule has 0 saturated heterocycles. The van der Waals surface area contributed by atoms with Crippen LogP contribution in [-0.2, 0) is 11.2 Å². The van der Waals surface area contributed by atoms with E-state index in [2.05, 4.69) is 30.9 Å². The molecular formula is C23H23N7O. The van der Waals surface area contributed by atoms with Crippen LogP contribution in [0.5, 0.6) is 0 Å². The SMILES string of the molecule is N#CCC1CCC(n2c(CC(=O)Nc3cccnc3)nc3cnc4[nH]ccc4c32)CC1. The van der Waals surface area contributed by atoms with Crippen LogP contribution in [0.25, 0.3) is 22.1 Å². The van der Waals surface area contributed by atoms with E-state index in [0.29, 0.717) is 18.0 Å². The average Bonchev–Trinajstić information content (AvgIpc) is 3.39. The van der Waals surface area contributed by atoms with Crippen LogP contribution in [0, 0.1) is 17.2 Å². The zero-order chi connectivity index (χ0) is 21.2. The summed E-state index contributed by atoms with van der Waals surface area (Å²) in [6.45, 7) is 0. The number of H-pyrrole nitrogens is 1. The molecule has 0 aromatic carbocycles. The monoisotopic (exact) mass is 413 g/mol. The zero-order valence-electron chi connectivity index (χ0n) is 17.1. The highest BCUT2D eigenvalue weighted by Gasteiger charge is 2.27. The van der Waals surface area contributed by atoms with Crippen molar-refractivity contribution in [3.8, 4) is 6.07 Å². The molecule has 1 aliphatic rings. The first-order chi connectivity index (χ1) is 15.2. The van der Waals surface area contributed by atoms with E-state index in [4.69, 9.17) is 10.2 Å². The summed E-state index contributed by atoms with van der Waals surface area (Å²) < 4.78 is 2.25. The van der Waals surface area contributed by atoms with Gasteiger partial charge in [0.1, 0.15) is 17.0 Å². The van der Waals surface area contributed by atoms with Gasteiger partial charge in [0.05, 0.1) is 36.1 Å². The predicted molar refractivity (Wildman–Crippen MR) is 117 cm³/mol. The minimum Gasteiger partial charge on any atom is -0.346 e. The van der Waals surface area contributed by atoms with Crippen molar-refractivity contribution in [1.29, 1.82) is 5.26 Å². The Balaban J connectivity index is 1.51. The number of hydrogen-bond donors (Lipinski definition) is 2. The summed E-state index contributed by atoms with van der Waals surface area (Å²) in [4.78, 5) is 29.3. The third-order valence-electron chi connectivity index (χ3n) is 6.13. The lowest BCUT2D eigenvalue weighted by atomic mass is 9.84. The number of carbonyl (C=O) groups excluding carboxylic acids is 1. The lowest BCUT2D eigenvalue weighted by molar-refractivity contribution is -0.115. The summed E-state index contributed by atoms with van der Waals surface area (Å²) in [7, 11) is 0. The first-order valence-corrected chi connectivity index (χ1v) is 10.6. The van der Waals surface area contributed by atoms with Gasteiger partial charge in [0.2, 0.25) is 5.91 Å². The number of pyridine rings is 2. The van der Waals surface area contributed by atoms with Crippen LogP contribution in [0.15, 0.2) is 43.0 Å². The van der Waals surface area contributed by atoms with E-state index in [0.717, 1.165) is 53.6 Å². The van der Waals surface area contributed by atoms with Gasteiger partial charge in [0, 0.05) is 30.2 Å². The smallest absolute Gasteiger partial charge is 0.232 e. The molecule has 4 heterocycles. The Hall–Kier alpha value is -3.73. The molecule has 0 aliphatic heterocycles. The average molecular weight is 413 g/mol. The Morgan fingerprint density at radius 1 is 1.26 bits per heavy atom. The van der Waals surface area contributed by atoms with Crippen LogP contribution in [0.2, 0.25) is 0 Å². The second-order valence-electron chi connectivity index (χ2n) is 8.13. The maximum atomic E-state index is 12.8. The maximum Gasteiger partial charge on any atom is 0.232 e. The molecule has 0 radical (unpaired) electrons. The van der Waals surface area contributed by atoms with Gasteiger partial charge in [-0.3, -0.25) is 9.78 Å². The number of aromatic nitrogens is 5. The van der Waals surface area contributed by atoms with Gasteiger partial charge >= 0.3 is 0 Å². The van der Waals surface area contributed by atoms with Gasteiger partial charge in [-0.05, 0) is 49.8 Å². The molecule has 0 bridgehead atoms. The van der Waals surface area contributed by atoms with Gasteiger partial charge in [-0.1, -0.05) is 0 Å². The van der Waals surface area contributed by atoms with Gasteiger partial charge in [0.25, 0.3) is 0 Å². The number of fused-ring (bicyclic) bond motifs is 3. The van der Waals surface area contributed by atoms with Crippen molar-refractivity contribution in [3.05, 3.63) is 48.8 Å². The largest absolute Gasteiger partial charge is 0.346 e. The van der Waals surface area contributed by atoms with E-state index in [9.17, 15) is 4.79 Å². The quantitative estimate of drug-likeness (QED) is 0.511. The van der Waals surface area contributed by atoms with Crippen molar-refractivity contribution in [2.75, 3.05) is 5.32 Å². The normalized spacial score (nSPS) is 18.8. The molecule has 8 heteroatoms. The van der Waals surface area contributed by atoms with Crippen molar-refractivity contribution in [2.24, 2.45) is 5.92 Å². The van der Waals surface area contributed by atoms with Gasteiger partial charge < -0.3 is 14.9 Å². The molecule has 0 unspecified atom stereocenters. The Kier molecular flexibility index (Phi) is 5.08. The van der Waals surface area contributed by atoms with Crippen molar-refractivity contribution in [3.63, 3.8) is 0 Å². The number of imidazole rings is 1. The first-order valence-electron chi connectivity index (χ1n) is 10.6. The first kappa shape index (κ1) is 19.2. The second-order valence-corrected chi connectivity index (χ2v) is 8.13. The van der Waals surface area contributed by atoms with E-state index < -0.39 is 0 Å². The molecule has 4 aromatic rings. The second kappa shape index (κ2) is 8.19. The standard InChI is InChI=1S/C23H23N7O/c24-9-7-15-3-5-17(6-4-15)30-20(12-21(31)28-16-2-1-10-25-13-16)29-19-14-27-23-18(22(19)30)8-11-26-23/h1-2,8,10-11,13-15,17H,3-7,12H2,(H,26,27)(H,28,31). The fourth-order valence-corrected chi connectivity index (χ4v) is 4.68. The van der Waals surface area contributed by atoms with E-state index >= 15 is 0 Å². The van der Waals surface area contributed by atoms with Crippen molar-refractivity contribution < 1.29 is 4.79 Å². The summed E-state index contributed by atoms with van der Waals surface area (Å²) in [5.74, 6) is 1.08. The Morgan fingerprint density at radius 2 is 2.13 bits per heavy atom. The number of anilines is 1. The van der Waals surface area contributed by atoms with E-state index in [1.54, 1.807) is 24.7 Å². The molecule has 8 nitrogen and oxygen atoms in total. The Labute approximate surface area is 179 Å². The zero-order valence-corrected chi connectivity index (χ0v) is 17.1. The fraction of sp³-hybridized carbons (Fsp3) is 0.348. The number of aromatic amines is 1. The highest BCUT2D eigenvalue weighted by Crippen LogP contribution is 2.38. The predicted octanol–water partition coefficient (Wildman–Crippen LogP) is 4.13. The van der Waals surface area contributed by atoms with Gasteiger partial charge in [0.15, 0.2) is 0 Å². The summed E-state index contributed by atoms with van der Waals surface area (Å²) in [5, 5.41) is 13.0. The number of carbonyl (C=O) groups is 1. The number of nitrogens with one attached hydrogen (secondary N) is 2. The molecule has 0 spiro atoms. The molecular weight excluding hydrogens is 390 g/mol. The van der Waals surface area contributed by atoms with Crippen molar-refractivity contribution >= 4 is 33.7 Å². The molecule has 1 amide bonds. The minimum atomic E-state index is -0.124. The summed E-state index contributed by atoms with van der Waals surface area (Å²) in [6, 6.07) is 8.19. The van der Waals surface area contributed by atoms with E-state index in [1.807, 2.05) is 18.3 Å². The van der Waals surface area contributed by atoms with Crippen molar-refractivity contribution in [1.82, 2.24) is 24.5 Å².